The molecule has 3 fully saturated rings. The summed E-state index contributed by atoms with van der Waals surface area (Å²) in [5.41, 5.74) is -3.16. The van der Waals surface area contributed by atoms with E-state index in [0.29, 0.717) is 0 Å². The van der Waals surface area contributed by atoms with Gasteiger partial charge in [-0.2, -0.15) is 0 Å². The average Bonchev–Trinajstić information content (AvgIpc) is 3.54. The van der Waals surface area contributed by atoms with Gasteiger partial charge in [0.05, 0.1) is 25.9 Å². The van der Waals surface area contributed by atoms with Gasteiger partial charge in [0.25, 0.3) is 0 Å². The van der Waals surface area contributed by atoms with Gasteiger partial charge in [-0.05, 0) is 55.0 Å². The van der Waals surface area contributed by atoms with Crippen LogP contribution in [0.15, 0.2) is 69.9 Å². The van der Waals surface area contributed by atoms with Gasteiger partial charge in [-0.25, -0.2) is 4.79 Å². The zero-order valence-corrected chi connectivity index (χ0v) is 32.8. The monoisotopic (exact) mass is 888 g/mol. The van der Waals surface area contributed by atoms with E-state index in [1.54, 1.807) is 0 Å². The van der Waals surface area contributed by atoms with Crippen molar-refractivity contribution in [3.63, 3.8) is 0 Å². The molecule has 63 heavy (non-hydrogen) atoms. The predicted molar refractivity (Wildman–Crippen MR) is 208 cm³/mol. The van der Waals surface area contributed by atoms with E-state index in [9.17, 15) is 70.9 Å². The van der Waals surface area contributed by atoms with Crippen LogP contribution in [0, 0.1) is 0 Å². The van der Waals surface area contributed by atoms with Crippen LogP contribution in [0.5, 0.6) is 34.5 Å². The molecule has 22 nitrogen and oxygen atoms in total. The van der Waals surface area contributed by atoms with E-state index in [1.165, 1.54) is 43.3 Å². The fraction of sp³-hybridized carbons (Fsp3) is 0.415. The number of esters is 1. The number of phenols is 4. The molecule has 1 aromatic heterocycles. The molecule has 0 unspecified atom stereocenters. The molecule has 3 aliphatic heterocycles. The van der Waals surface area contributed by atoms with Gasteiger partial charge in [-0.1, -0.05) is 6.07 Å². The standard InChI is InChI=1S/C41H44O22/c1-16-28(48)31(51)33(53)38(58-16)56-13-25-29(49)32(52)36(62-26(47)9-3-17-2-8-21(44)22(45)10-17)39(61-25)59-20-11-23(46)27-24(12-20)60-34(18-4-6-19(43)7-5-18)35(30(27)50)63-40-37(54)41(55,14-42)15-57-40/h2-12,16,25,28-29,31-33,36-40,42-46,48-49,51-55H,13-15H2,1H3/t16-,25-,28-,29+,31+,32+,33+,36-,37+,38+,39+,40+,41-/m0/s1. The van der Waals surface area contributed by atoms with E-state index < -0.39 is 139 Å². The largest absolute Gasteiger partial charge is 0.508 e. The Morgan fingerprint density at radius 3 is 2.22 bits per heavy atom. The maximum atomic E-state index is 14.1. The van der Waals surface area contributed by atoms with Crippen LogP contribution in [0.4, 0.5) is 0 Å². The molecular weight excluding hydrogens is 844 g/mol. The summed E-state index contributed by atoms with van der Waals surface area (Å²) in [6.07, 6.45) is -18.1. The summed E-state index contributed by atoms with van der Waals surface area (Å²) >= 11 is 0. The van der Waals surface area contributed by atoms with Crippen molar-refractivity contribution in [3.05, 3.63) is 76.5 Å². The van der Waals surface area contributed by atoms with E-state index in [1.807, 2.05) is 0 Å². The van der Waals surface area contributed by atoms with Gasteiger partial charge in [0, 0.05) is 23.8 Å². The lowest BCUT2D eigenvalue weighted by Gasteiger charge is -2.43. The fourth-order valence-electron chi connectivity index (χ4n) is 6.97. The first kappa shape index (κ1) is 45.4. The number of phenolic OH excluding ortho intramolecular Hbond substituents is 4. The van der Waals surface area contributed by atoms with Crippen LogP contribution in [-0.4, -0.2) is 166 Å². The minimum atomic E-state index is -2.14. The molecule has 22 heteroatoms. The molecule has 0 radical (unpaired) electrons. The Kier molecular flexibility index (Phi) is 13.2. The Balaban J connectivity index is 1.22. The molecule has 4 heterocycles. The van der Waals surface area contributed by atoms with Crippen LogP contribution in [0.1, 0.15) is 12.5 Å². The summed E-state index contributed by atoms with van der Waals surface area (Å²) in [5, 5.41) is 124. The Morgan fingerprint density at radius 1 is 0.810 bits per heavy atom. The number of fused-ring (bicyclic) bond motifs is 1. The molecule has 0 saturated carbocycles. The Labute approximate surface area is 354 Å². The van der Waals surface area contributed by atoms with E-state index in [-0.39, 0.29) is 34.0 Å². The van der Waals surface area contributed by atoms with E-state index in [2.05, 4.69) is 0 Å². The molecule has 13 atom stereocenters. The van der Waals surface area contributed by atoms with Gasteiger partial charge < -0.3 is 98.9 Å². The topological polar surface area (TPSA) is 355 Å². The molecule has 7 rings (SSSR count). The highest BCUT2D eigenvalue weighted by atomic mass is 16.7. The molecular formula is C41H44O22. The molecule has 4 aromatic rings. The van der Waals surface area contributed by atoms with Crippen molar-refractivity contribution in [2.75, 3.05) is 19.8 Å². The maximum absolute atomic E-state index is 14.1. The number of aliphatic hydroxyl groups excluding tert-OH is 7. The second-order valence-electron chi connectivity index (χ2n) is 15.1. The fourth-order valence-corrected chi connectivity index (χ4v) is 6.97. The second-order valence-corrected chi connectivity index (χ2v) is 15.1. The highest BCUT2D eigenvalue weighted by molar-refractivity contribution is 5.89. The van der Waals surface area contributed by atoms with Crippen molar-refractivity contribution in [1.29, 1.82) is 0 Å². The third kappa shape index (κ3) is 9.24. The van der Waals surface area contributed by atoms with Crippen LogP contribution in [0.25, 0.3) is 28.4 Å². The summed E-state index contributed by atoms with van der Waals surface area (Å²) in [6, 6.07) is 10.9. The quantitative estimate of drug-likeness (QED) is 0.0433. The van der Waals surface area contributed by atoms with Gasteiger partial charge in [0.1, 0.15) is 76.5 Å². The Bertz CT molecular complexity index is 2370. The maximum Gasteiger partial charge on any atom is 0.331 e. The summed E-state index contributed by atoms with van der Waals surface area (Å²) in [5.74, 6) is -4.28. The normalized spacial score (nSPS) is 32.2. The van der Waals surface area contributed by atoms with Gasteiger partial charge >= 0.3 is 5.97 Å². The van der Waals surface area contributed by atoms with E-state index in [0.717, 1.165) is 30.3 Å². The van der Waals surface area contributed by atoms with Crippen molar-refractivity contribution in [2.24, 2.45) is 0 Å². The third-order valence-electron chi connectivity index (χ3n) is 10.6. The number of aliphatic hydroxyl groups is 8. The Morgan fingerprint density at radius 2 is 1.54 bits per heavy atom. The van der Waals surface area contributed by atoms with Crippen LogP contribution in [0.2, 0.25) is 0 Å². The first-order valence-corrected chi connectivity index (χ1v) is 19.2. The number of aromatic hydroxyl groups is 4. The summed E-state index contributed by atoms with van der Waals surface area (Å²) < 4.78 is 45.5. The minimum absolute atomic E-state index is 0.124. The molecule has 0 amide bonds. The molecule has 0 bridgehead atoms. The van der Waals surface area contributed by atoms with Crippen LogP contribution < -0.4 is 14.9 Å². The van der Waals surface area contributed by atoms with Crippen molar-refractivity contribution >= 4 is 23.0 Å². The third-order valence-corrected chi connectivity index (χ3v) is 10.6. The zero-order valence-electron chi connectivity index (χ0n) is 32.8. The lowest BCUT2D eigenvalue weighted by Crippen LogP contribution is -2.62. The van der Waals surface area contributed by atoms with Crippen LogP contribution in [-0.2, 0) is 28.5 Å². The highest BCUT2D eigenvalue weighted by Crippen LogP contribution is 2.39. The van der Waals surface area contributed by atoms with Crippen molar-refractivity contribution in [3.8, 4) is 45.8 Å². The van der Waals surface area contributed by atoms with Gasteiger partial charge in [0.2, 0.25) is 23.8 Å². The molecule has 0 spiro atoms. The number of carbonyl (C=O) groups excluding carboxylic acids is 1. The van der Waals surface area contributed by atoms with Gasteiger partial charge in [-0.3, -0.25) is 4.79 Å². The first-order chi connectivity index (χ1) is 29.9. The average molecular weight is 889 g/mol. The Hall–Kier alpha value is -5.60. The SMILES string of the molecule is C[C@@H]1O[C@@H](OC[C@@H]2O[C@@H](Oc3cc(O)c4c(=O)c(O[C@H]5OC[C@@](O)(CO)[C@@H]5O)c(-c5ccc(O)cc5)oc4c3)[C@@H](OC(=O)C=Cc3ccc(O)c(O)c3)[C@H](O)[C@@H]2O)[C@H](O)[C@H](O)[C@H]1O. The predicted octanol–water partition coefficient (Wildman–Crippen LogP) is -1.60. The van der Waals surface area contributed by atoms with Crippen LogP contribution in [0.3, 0.4) is 0 Å². The number of benzene rings is 3. The van der Waals surface area contributed by atoms with Gasteiger partial charge in [0.15, 0.2) is 29.7 Å². The van der Waals surface area contributed by atoms with E-state index in [4.69, 9.17) is 37.6 Å². The van der Waals surface area contributed by atoms with Crippen molar-refractivity contribution in [1.82, 2.24) is 0 Å². The lowest BCUT2D eigenvalue weighted by molar-refractivity contribution is -0.319. The lowest BCUT2D eigenvalue weighted by atomic mass is 9.98. The van der Waals surface area contributed by atoms with Crippen LogP contribution >= 0.6 is 0 Å². The number of carbonyl (C=O) groups is 1. The molecule has 3 saturated heterocycles. The van der Waals surface area contributed by atoms with Gasteiger partial charge in [-0.15, -0.1) is 0 Å². The number of rotatable bonds is 12. The molecule has 340 valence electrons. The molecule has 3 aromatic carbocycles. The number of hydrogen-bond acceptors (Lipinski definition) is 22. The van der Waals surface area contributed by atoms with Crippen molar-refractivity contribution < 1.29 is 104 Å². The number of hydrogen-bond donors (Lipinski definition) is 12. The zero-order chi connectivity index (χ0) is 45.5. The molecule has 0 aliphatic carbocycles. The second kappa shape index (κ2) is 18.2. The van der Waals surface area contributed by atoms with E-state index >= 15 is 0 Å². The molecule has 12 N–H and O–H groups in total. The smallest absolute Gasteiger partial charge is 0.331 e. The summed E-state index contributed by atoms with van der Waals surface area (Å²) in [7, 11) is 0. The minimum Gasteiger partial charge on any atom is -0.508 e. The first-order valence-electron chi connectivity index (χ1n) is 19.2. The van der Waals surface area contributed by atoms with Crippen molar-refractivity contribution in [2.45, 2.75) is 86.3 Å². The number of ether oxygens (including phenoxy) is 7. The highest BCUT2D eigenvalue weighted by Gasteiger charge is 2.51. The summed E-state index contributed by atoms with van der Waals surface area (Å²) in [4.78, 5) is 27.2. The molecule has 3 aliphatic rings. The summed E-state index contributed by atoms with van der Waals surface area (Å²) in [6.45, 7) is -0.749.